The van der Waals surface area contributed by atoms with Crippen LogP contribution in [-0.2, 0) is 20.8 Å². The topological polar surface area (TPSA) is 86.7 Å². The molecule has 21 heavy (non-hydrogen) atoms. The van der Waals surface area contributed by atoms with Crippen molar-refractivity contribution in [2.45, 2.75) is 23.9 Å². The third kappa shape index (κ3) is 2.49. The summed E-state index contributed by atoms with van der Waals surface area (Å²) in [4.78, 5) is 36.3. The molecule has 0 saturated carbocycles. The Kier molecular flexibility index (Phi) is 3.59. The fourth-order valence-corrected chi connectivity index (χ4v) is 3.95. The van der Waals surface area contributed by atoms with Crippen LogP contribution in [0.2, 0.25) is 0 Å². The second kappa shape index (κ2) is 5.40. The second-order valence-corrected chi connectivity index (χ2v) is 6.16. The number of thioether (sulfide) groups is 1. The van der Waals surface area contributed by atoms with E-state index in [4.69, 9.17) is 5.11 Å². The van der Waals surface area contributed by atoms with Crippen LogP contribution in [0.1, 0.15) is 5.56 Å². The number of fused-ring (bicyclic) bond motifs is 1. The Morgan fingerprint density at radius 1 is 1.33 bits per heavy atom. The molecule has 3 atom stereocenters. The number of carbonyl (C=O) groups is 3. The Hall–Kier alpha value is -2.02. The SMILES string of the molecule is O=C(Cc1ccccc1)N[C@H]1C(=O)N2C(C(=O)O)SCC12. The number of carboxylic acid groups (broad SMARTS) is 1. The van der Waals surface area contributed by atoms with Crippen molar-refractivity contribution in [2.24, 2.45) is 0 Å². The number of hydrogen-bond acceptors (Lipinski definition) is 4. The maximum Gasteiger partial charge on any atom is 0.337 e. The summed E-state index contributed by atoms with van der Waals surface area (Å²) in [6, 6.07) is 8.48. The summed E-state index contributed by atoms with van der Waals surface area (Å²) < 4.78 is 0. The molecule has 0 aliphatic carbocycles. The largest absolute Gasteiger partial charge is 0.479 e. The summed E-state index contributed by atoms with van der Waals surface area (Å²) in [6.07, 6.45) is 0.215. The number of rotatable bonds is 4. The molecular formula is C14H14N2O4S. The number of amides is 2. The van der Waals surface area contributed by atoms with Crippen LogP contribution >= 0.6 is 11.8 Å². The van der Waals surface area contributed by atoms with Gasteiger partial charge in [0.15, 0.2) is 5.37 Å². The predicted molar refractivity (Wildman–Crippen MR) is 76.6 cm³/mol. The highest BCUT2D eigenvalue weighted by molar-refractivity contribution is 8.00. The van der Waals surface area contributed by atoms with Crippen molar-refractivity contribution >= 4 is 29.5 Å². The molecule has 2 N–H and O–H groups in total. The van der Waals surface area contributed by atoms with E-state index in [9.17, 15) is 14.4 Å². The van der Waals surface area contributed by atoms with Gasteiger partial charge in [0.2, 0.25) is 11.8 Å². The summed E-state index contributed by atoms with van der Waals surface area (Å²) >= 11 is 1.22. The average Bonchev–Trinajstić information content (AvgIpc) is 2.86. The summed E-state index contributed by atoms with van der Waals surface area (Å²) in [5, 5.41) is 10.9. The number of aliphatic carboxylic acids is 1. The lowest BCUT2D eigenvalue weighted by Crippen LogP contribution is -2.71. The number of carbonyl (C=O) groups excluding carboxylic acids is 2. The summed E-state index contributed by atoms with van der Waals surface area (Å²) in [5.41, 5.74) is 0.878. The first-order chi connectivity index (χ1) is 10.1. The zero-order valence-corrected chi connectivity index (χ0v) is 11.9. The van der Waals surface area contributed by atoms with Crippen LogP contribution in [0, 0.1) is 0 Å². The normalized spacial score (nSPS) is 27.0. The van der Waals surface area contributed by atoms with Crippen molar-refractivity contribution in [1.82, 2.24) is 10.2 Å². The van der Waals surface area contributed by atoms with E-state index in [2.05, 4.69) is 5.32 Å². The van der Waals surface area contributed by atoms with E-state index in [1.165, 1.54) is 16.7 Å². The molecule has 1 aromatic rings. The van der Waals surface area contributed by atoms with Crippen molar-refractivity contribution in [3.8, 4) is 0 Å². The van der Waals surface area contributed by atoms with Gasteiger partial charge in [-0.15, -0.1) is 11.8 Å². The Morgan fingerprint density at radius 3 is 2.71 bits per heavy atom. The maximum absolute atomic E-state index is 12.0. The van der Waals surface area contributed by atoms with E-state index < -0.39 is 17.4 Å². The molecule has 7 heteroatoms. The third-order valence-corrected chi connectivity index (χ3v) is 4.95. The van der Waals surface area contributed by atoms with Gasteiger partial charge in [-0.1, -0.05) is 30.3 Å². The molecule has 3 rings (SSSR count). The lowest BCUT2D eigenvalue weighted by atomic mass is 9.96. The van der Waals surface area contributed by atoms with Crippen LogP contribution in [0.3, 0.4) is 0 Å². The van der Waals surface area contributed by atoms with E-state index in [1.807, 2.05) is 30.3 Å². The Balaban J connectivity index is 1.59. The van der Waals surface area contributed by atoms with Gasteiger partial charge in [0, 0.05) is 5.75 Å². The molecule has 2 saturated heterocycles. The smallest absolute Gasteiger partial charge is 0.337 e. The lowest BCUT2D eigenvalue weighted by Gasteiger charge is -2.43. The fourth-order valence-electron chi connectivity index (χ4n) is 2.66. The maximum atomic E-state index is 12.0. The van der Waals surface area contributed by atoms with Gasteiger partial charge >= 0.3 is 5.97 Å². The molecule has 1 aromatic carbocycles. The zero-order valence-electron chi connectivity index (χ0n) is 11.1. The first-order valence-corrected chi connectivity index (χ1v) is 7.62. The van der Waals surface area contributed by atoms with Crippen LogP contribution < -0.4 is 5.32 Å². The average molecular weight is 306 g/mol. The molecule has 2 fully saturated rings. The lowest BCUT2D eigenvalue weighted by molar-refractivity contribution is -0.159. The molecule has 2 amide bonds. The van der Waals surface area contributed by atoms with Crippen LogP contribution in [0.5, 0.6) is 0 Å². The number of benzene rings is 1. The molecular weight excluding hydrogens is 292 g/mol. The number of nitrogens with one attached hydrogen (secondary N) is 1. The van der Waals surface area contributed by atoms with Gasteiger partial charge < -0.3 is 15.3 Å². The summed E-state index contributed by atoms with van der Waals surface area (Å²) in [7, 11) is 0. The summed E-state index contributed by atoms with van der Waals surface area (Å²) in [5.74, 6) is -0.995. The minimum Gasteiger partial charge on any atom is -0.479 e. The van der Waals surface area contributed by atoms with Crippen molar-refractivity contribution < 1.29 is 19.5 Å². The van der Waals surface area contributed by atoms with Gasteiger partial charge in [-0.3, -0.25) is 9.59 Å². The van der Waals surface area contributed by atoms with E-state index in [0.717, 1.165) is 5.56 Å². The molecule has 6 nitrogen and oxygen atoms in total. The van der Waals surface area contributed by atoms with Gasteiger partial charge in [-0.25, -0.2) is 4.79 Å². The Bertz CT molecular complexity index is 592. The first-order valence-electron chi connectivity index (χ1n) is 6.58. The van der Waals surface area contributed by atoms with Gasteiger partial charge in [-0.2, -0.15) is 0 Å². The van der Waals surface area contributed by atoms with Crippen molar-refractivity contribution in [3.63, 3.8) is 0 Å². The van der Waals surface area contributed by atoms with Gasteiger partial charge in [0.05, 0.1) is 12.5 Å². The zero-order chi connectivity index (χ0) is 15.0. The monoisotopic (exact) mass is 306 g/mol. The van der Waals surface area contributed by atoms with E-state index >= 15 is 0 Å². The number of β-lactam (4-membered cyclic amide) rings is 1. The van der Waals surface area contributed by atoms with E-state index in [1.54, 1.807) is 0 Å². The standard InChI is InChI=1S/C14H14N2O4S/c17-10(6-8-4-2-1-3-5-8)15-11-9-7-21-13(14(19)20)16(9)12(11)18/h1-5,9,11,13H,6-7H2,(H,15,17)(H,19,20)/t9?,11-,13?/m1/s1. The summed E-state index contributed by atoms with van der Waals surface area (Å²) in [6.45, 7) is 0. The van der Waals surface area contributed by atoms with Gasteiger partial charge in [0.25, 0.3) is 0 Å². The van der Waals surface area contributed by atoms with Crippen LogP contribution in [-0.4, -0.2) is 51.0 Å². The number of hydrogen-bond donors (Lipinski definition) is 2. The van der Waals surface area contributed by atoms with E-state index in [0.29, 0.717) is 5.75 Å². The molecule has 0 spiro atoms. The number of carboxylic acids is 1. The van der Waals surface area contributed by atoms with Crippen molar-refractivity contribution in [2.75, 3.05) is 5.75 Å². The van der Waals surface area contributed by atoms with Crippen molar-refractivity contribution in [1.29, 1.82) is 0 Å². The molecule has 2 aliphatic heterocycles. The van der Waals surface area contributed by atoms with Gasteiger partial charge in [-0.05, 0) is 5.56 Å². The minimum absolute atomic E-state index is 0.205. The highest BCUT2D eigenvalue weighted by Crippen LogP contribution is 2.38. The molecule has 0 bridgehead atoms. The highest BCUT2D eigenvalue weighted by Gasteiger charge is 2.57. The van der Waals surface area contributed by atoms with Crippen LogP contribution in [0.25, 0.3) is 0 Å². The molecule has 2 aliphatic rings. The van der Waals surface area contributed by atoms with Crippen LogP contribution in [0.4, 0.5) is 0 Å². The molecule has 0 radical (unpaired) electrons. The quantitative estimate of drug-likeness (QED) is 0.770. The Labute approximate surface area is 125 Å². The third-order valence-electron chi connectivity index (χ3n) is 3.68. The molecule has 2 unspecified atom stereocenters. The molecule has 0 aromatic heterocycles. The fraction of sp³-hybridized carbons (Fsp3) is 0.357. The van der Waals surface area contributed by atoms with Crippen LogP contribution in [0.15, 0.2) is 30.3 Å². The van der Waals surface area contributed by atoms with Gasteiger partial charge in [0.1, 0.15) is 6.04 Å². The second-order valence-electron chi connectivity index (χ2n) is 5.04. The Morgan fingerprint density at radius 2 is 2.05 bits per heavy atom. The molecule has 2 heterocycles. The van der Waals surface area contributed by atoms with Crippen molar-refractivity contribution in [3.05, 3.63) is 35.9 Å². The van der Waals surface area contributed by atoms with E-state index in [-0.39, 0.29) is 24.3 Å². The number of nitrogens with zero attached hydrogens (tertiary/aromatic N) is 1. The minimum atomic E-state index is -1.01. The molecule has 110 valence electrons. The highest BCUT2D eigenvalue weighted by atomic mass is 32.2. The predicted octanol–water partition coefficient (Wildman–Crippen LogP) is 0.0822. The first kappa shape index (κ1) is 13.9.